The van der Waals surface area contributed by atoms with E-state index in [9.17, 15) is 0 Å². The third-order valence-electron chi connectivity index (χ3n) is 2.99. The van der Waals surface area contributed by atoms with Gasteiger partial charge in [0.15, 0.2) is 0 Å². The lowest BCUT2D eigenvalue weighted by Crippen LogP contribution is -2.24. The van der Waals surface area contributed by atoms with Crippen molar-refractivity contribution in [3.05, 3.63) is 35.9 Å². The Balaban J connectivity index is 2.04. The molecule has 0 unspecified atom stereocenters. The minimum Gasteiger partial charge on any atom is -0.379 e. The number of unbranched alkanes of at least 4 members (excludes halogenated alkanes) is 2. The fourth-order valence-electron chi connectivity index (χ4n) is 1.93. The number of hydrogen-bond donors (Lipinski definition) is 1. The molecule has 0 radical (unpaired) electrons. The molecule has 0 aliphatic carbocycles. The number of rotatable bonds is 8. The fourth-order valence-corrected chi connectivity index (χ4v) is 2.19. The highest BCUT2D eigenvalue weighted by molar-refractivity contribution is 7.80. The lowest BCUT2D eigenvalue weighted by molar-refractivity contribution is 0.526. The minimum atomic E-state index is 0.831. The quantitative estimate of drug-likeness (QED) is 0.552. The molecule has 0 aliphatic rings. The molecule has 0 spiro atoms. The van der Waals surface area contributed by atoms with Gasteiger partial charge in [-0.25, -0.2) is 0 Å². The van der Waals surface area contributed by atoms with Crippen LogP contribution in [0.2, 0.25) is 0 Å². The van der Waals surface area contributed by atoms with Gasteiger partial charge in [-0.05, 0) is 17.9 Å². The zero-order valence-corrected chi connectivity index (χ0v) is 12.4. The monoisotopic (exact) mass is 263 g/mol. The molecule has 1 aromatic rings. The molecule has 1 N–H and O–H groups in total. The van der Waals surface area contributed by atoms with Crippen LogP contribution in [0.25, 0.3) is 0 Å². The van der Waals surface area contributed by atoms with Gasteiger partial charge in [0.2, 0.25) is 0 Å². The Hall–Kier alpha value is -0.890. The number of nitrogens with one attached hydrogen (secondary N) is 1. The minimum absolute atomic E-state index is 0.831. The summed E-state index contributed by atoms with van der Waals surface area (Å²) in [6, 6.07) is 10.4. The van der Waals surface area contributed by atoms with Gasteiger partial charge in [0.05, 0.1) is 4.99 Å². The first-order valence-corrected chi connectivity index (χ1v) is 7.40. The molecule has 1 aromatic carbocycles. The molecular weight excluding hydrogens is 238 g/mol. The van der Waals surface area contributed by atoms with E-state index in [1.807, 2.05) is 6.07 Å². The van der Waals surface area contributed by atoms with Crippen LogP contribution in [-0.2, 0) is 6.42 Å². The van der Waals surface area contributed by atoms with Gasteiger partial charge in [-0.2, -0.15) is 0 Å². The SMILES string of the molecule is CC(C)CCCCCNC(=S)Cc1ccccc1. The molecule has 0 amide bonds. The topological polar surface area (TPSA) is 12.0 Å². The summed E-state index contributed by atoms with van der Waals surface area (Å²) in [4.78, 5) is 0.963. The van der Waals surface area contributed by atoms with E-state index >= 15 is 0 Å². The van der Waals surface area contributed by atoms with E-state index in [0.717, 1.165) is 23.9 Å². The Morgan fingerprint density at radius 3 is 2.50 bits per heavy atom. The van der Waals surface area contributed by atoms with Crippen LogP contribution in [0.15, 0.2) is 30.3 Å². The summed E-state index contributed by atoms with van der Waals surface area (Å²) in [5.41, 5.74) is 1.29. The maximum absolute atomic E-state index is 5.34. The molecule has 0 atom stereocenters. The van der Waals surface area contributed by atoms with Gasteiger partial charge < -0.3 is 5.32 Å². The van der Waals surface area contributed by atoms with Crippen molar-refractivity contribution in [3.63, 3.8) is 0 Å². The van der Waals surface area contributed by atoms with Crippen LogP contribution in [0.3, 0.4) is 0 Å². The zero-order valence-electron chi connectivity index (χ0n) is 11.6. The lowest BCUT2D eigenvalue weighted by Gasteiger charge is -2.08. The van der Waals surface area contributed by atoms with Gasteiger partial charge in [0, 0.05) is 13.0 Å². The molecule has 0 saturated heterocycles. The predicted molar refractivity (Wildman–Crippen MR) is 84.1 cm³/mol. The van der Waals surface area contributed by atoms with Crippen molar-refractivity contribution in [1.29, 1.82) is 0 Å². The van der Waals surface area contributed by atoms with Gasteiger partial charge in [0.1, 0.15) is 0 Å². The van der Waals surface area contributed by atoms with Crippen LogP contribution in [0.4, 0.5) is 0 Å². The first-order valence-electron chi connectivity index (χ1n) is 6.99. The van der Waals surface area contributed by atoms with Gasteiger partial charge in [0.25, 0.3) is 0 Å². The molecule has 0 heterocycles. The summed E-state index contributed by atoms with van der Waals surface area (Å²) in [6.07, 6.45) is 6.07. The zero-order chi connectivity index (χ0) is 13.2. The Labute approximate surface area is 117 Å². The van der Waals surface area contributed by atoms with Crippen LogP contribution in [-0.4, -0.2) is 11.5 Å². The van der Waals surface area contributed by atoms with Gasteiger partial charge in [-0.1, -0.05) is 75.7 Å². The molecule has 0 aliphatic heterocycles. The molecule has 0 saturated carbocycles. The van der Waals surface area contributed by atoms with Crippen LogP contribution in [0, 0.1) is 5.92 Å². The van der Waals surface area contributed by atoms with Crippen LogP contribution < -0.4 is 5.32 Å². The summed E-state index contributed by atoms with van der Waals surface area (Å²) in [5, 5.41) is 3.35. The number of thiocarbonyl (C=S) groups is 1. The largest absolute Gasteiger partial charge is 0.379 e. The molecule has 0 fully saturated rings. The van der Waals surface area contributed by atoms with E-state index in [4.69, 9.17) is 12.2 Å². The molecule has 1 rings (SSSR count). The number of hydrogen-bond acceptors (Lipinski definition) is 1. The predicted octanol–water partition coefficient (Wildman–Crippen LogP) is 4.36. The fraction of sp³-hybridized carbons (Fsp3) is 0.562. The second-order valence-electron chi connectivity index (χ2n) is 5.26. The van der Waals surface area contributed by atoms with E-state index in [0.29, 0.717) is 0 Å². The smallest absolute Gasteiger partial charge is 0.0797 e. The Morgan fingerprint density at radius 2 is 1.83 bits per heavy atom. The Bertz CT molecular complexity index is 332. The second kappa shape index (κ2) is 9.09. The van der Waals surface area contributed by atoms with Gasteiger partial charge in [-0.15, -0.1) is 0 Å². The van der Waals surface area contributed by atoms with Crippen molar-refractivity contribution in [3.8, 4) is 0 Å². The molecule has 0 aromatic heterocycles. The van der Waals surface area contributed by atoms with Crippen molar-refractivity contribution in [2.75, 3.05) is 6.54 Å². The van der Waals surface area contributed by atoms with Crippen molar-refractivity contribution >= 4 is 17.2 Å². The summed E-state index contributed by atoms with van der Waals surface area (Å²) in [6.45, 7) is 5.59. The third kappa shape index (κ3) is 7.44. The summed E-state index contributed by atoms with van der Waals surface area (Å²) in [5.74, 6) is 0.831. The Kier molecular flexibility index (Phi) is 7.66. The number of benzene rings is 1. The summed E-state index contributed by atoms with van der Waals surface area (Å²) >= 11 is 5.34. The van der Waals surface area contributed by atoms with Crippen molar-refractivity contribution in [2.45, 2.75) is 46.0 Å². The van der Waals surface area contributed by atoms with Crippen LogP contribution in [0.5, 0.6) is 0 Å². The second-order valence-corrected chi connectivity index (χ2v) is 5.75. The molecular formula is C16H25NS. The highest BCUT2D eigenvalue weighted by Gasteiger charge is 1.98. The van der Waals surface area contributed by atoms with E-state index in [-0.39, 0.29) is 0 Å². The normalized spacial score (nSPS) is 10.6. The summed E-state index contributed by atoms with van der Waals surface area (Å²) in [7, 11) is 0. The maximum Gasteiger partial charge on any atom is 0.0797 e. The van der Waals surface area contributed by atoms with Gasteiger partial charge >= 0.3 is 0 Å². The third-order valence-corrected chi connectivity index (χ3v) is 3.28. The molecule has 0 bridgehead atoms. The average Bonchev–Trinajstić information content (AvgIpc) is 2.34. The van der Waals surface area contributed by atoms with Gasteiger partial charge in [-0.3, -0.25) is 0 Å². The van der Waals surface area contributed by atoms with E-state index in [1.54, 1.807) is 0 Å². The summed E-state index contributed by atoms with van der Waals surface area (Å²) < 4.78 is 0. The average molecular weight is 263 g/mol. The van der Waals surface area contributed by atoms with Crippen molar-refractivity contribution < 1.29 is 0 Å². The first kappa shape index (κ1) is 15.2. The highest BCUT2D eigenvalue weighted by Crippen LogP contribution is 2.07. The van der Waals surface area contributed by atoms with Crippen LogP contribution >= 0.6 is 12.2 Å². The standard InChI is InChI=1S/C16H25NS/c1-14(2)9-5-4-8-12-17-16(18)13-15-10-6-3-7-11-15/h3,6-7,10-11,14H,4-5,8-9,12-13H2,1-2H3,(H,17,18). The molecule has 18 heavy (non-hydrogen) atoms. The first-order chi connectivity index (χ1) is 8.68. The van der Waals surface area contributed by atoms with E-state index in [2.05, 4.69) is 43.4 Å². The Morgan fingerprint density at radius 1 is 1.11 bits per heavy atom. The van der Waals surface area contributed by atoms with Crippen LogP contribution in [0.1, 0.15) is 45.1 Å². The van der Waals surface area contributed by atoms with Crippen molar-refractivity contribution in [2.24, 2.45) is 5.92 Å². The molecule has 2 heteroatoms. The van der Waals surface area contributed by atoms with E-state index in [1.165, 1.54) is 31.2 Å². The lowest BCUT2D eigenvalue weighted by atomic mass is 10.1. The highest BCUT2D eigenvalue weighted by atomic mass is 32.1. The van der Waals surface area contributed by atoms with Crippen molar-refractivity contribution in [1.82, 2.24) is 5.32 Å². The van der Waals surface area contributed by atoms with E-state index < -0.39 is 0 Å². The molecule has 100 valence electrons. The molecule has 1 nitrogen and oxygen atoms in total. The maximum atomic E-state index is 5.34.